The highest BCUT2D eigenvalue weighted by Crippen LogP contribution is 2.11. The standard InChI is InChI=1S/C11H14N2O5S/c12-10(14)5-2-6-13-19(17,18)9-4-1-3-8(7-9)11(15)16/h1,3-4,7,13H,2,5-6H2,(H2,12,14)(H,15,16). The molecule has 0 aliphatic carbocycles. The van der Waals surface area contributed by atoms with Crippen LogP contribution in [0.4, 0.5) is 0 Å². The van der Waals surface area contributed by atoms with Gasteiger partial charge in [0.05, 0.1) is 10.5 Å². The smallest absolute Gasteiger partial charge is 0.335 e. The molecule has 0 saturated heterocycles. The summed E-state index contributed by atoms with van der Waals surface area (Å²) >= 11 is 0. The maximum Gasteiger partial charge on any atom is 0.335 e. The molecule has 0 spiro atoms. The predicted molar refractivity (Wildman–Crippen MR) is 67.0 cm³/mol. The largest absolute Gasteiger partial charge is 0.478 e. The third kappa shape index (κ3) is 4.68. The van der Waals surface area contributed by atoms with Crippen LogP contribution in [0.5, 0.6) is 0 Å². The molecular formula is C11H14N2O5S. The molecule has 0 bridgehead atoms. The summed E-state index contributed by atoms with van der Waals surface area (Å²) in [7, 11) is -3.78. The molecule has 0 heterocycles. The monoisotopic (exact) mass is 286 g/mol. The van der Waals surface area contributed by atoms with Gasteiger partial charge in [0.15, 0.2) is 0 Å². The number of carboxylic acid groups (broad SMARTS) is 1. The van der Waals surface area contributed by atoms with Crippen molar-refractivity contribution in [3.8, 4) is 0 Å². The van der Waals surface area contributed by atoms with Crippen LogP contribution >= 0.6 is 0 Å². The number of amides is 1. The van der Waals surface area contributed by atoms with Crippen LogP contribution in [-0.2, 0) is 14.8 Å². The van der Waals surface area contributed by atoms with Crippen LogP contribution in [0.15, 0.2) is 29.2 Å². The highest BCUT2D eigenvalue weighted by Gasteiger charge is 2.15. The number of primary amides is 1. The Morgan fingerprint density at radius 1 is 1.32 bits per heavy atom. The average molecular weight is 286 g/mol. The Morgan fingerprint density at radius 3 is 2.58 bits per heavy atom. The van der Waals surface area contributed by atoms with Crippen LogP contribution in [0.2, 0.25) is 0 Å². The van der Waals surface area contributed by atoms with Gasteiger partial charge >= 0.3 is 5.97 Å². The summed E-state index contributed by atoms with van der Waals surface area (Å²) in [5.41, 5.74) is 4.81. The lowest BCUT2D eigenvalue weighted by Crippen LogP contribution is -2.26. The van der Waals surface area contributed by atoms with E-state index in [2.05, 4.69) is 4.72 Å². The van der Waals surface area contributed by atoms with Gasteiger partial charge in [-0.3, -0.25) is 4.79 Å². The van der Waals surface area contributed by atoms with E-state index in [9.17, 15) is 18.0 Å². The van der Waals surface area contributed by atoms with Crippen molar-refractivity contribution in [2.75, 3.05) is 6.54 Å². The van der Waals surface area contributed by atoms with Crippen LogP contribution < -0.4 is 10.5 Å². The first-order chi connectivity index (χ1) is 8.83. The van der Waals surface area contributed by atoms with E-state index in [0.29, 0.717) is 0 Å². The molecule has 7 nitrogen and oxygen atoms in total. The highest BCUT2D eigenvalue weighted by molar-refractivity contribution is 7.89. The molecule has 8 heteroatoms. The van der Waals surface area contributed by atoms with E-state index in [1.807, 2.05) is 0 Å². The summed E-state index contributed by atoms with van der Waals surface area (Å²) < 4.78 is 25.9. The molecule has 0 aliphatic heterocycles. The van der Waals surface area contributed by atoms with Crippen molar-refractivity contribution in [1.29, 1.82) is 0 Å². The van der Waals surface area contributed by atoms with Gasteiger partial charge in [-0.05, 0) is 24.6 Å². The van der Waals surface area contributed by atoms with Crippen LogP contribution in [0, 0.1) is 0 Å². The lowest BCUT2D eigenvalue weighted by Gasteiger charge is -2.06. The van der Waals surface area contributed by atoms with Crippen molar-refractivity contribution < 1.29 is 23.1 Å². The molecule has 0 aliphatic rings. The van der Waals surface area contributed by atoms with Gasteiger partial charge in [-0.1, -0.05) is 6.07 Å². The van der Waals surface area contributed by atoms with Crippen molar-refractivity contribution in [2.45, 2.75) is 17.7 Å². The molecule has 0 atom stereocenters. The SMILES string of the molecule is NC(=O)CCCNS(=O)(=O)c1cccc(C(=O)O)c1. The number of nitrogens with one attached hydrogen (secondary N) is 1. The summed E-state index contributed by atoms with van der Waals surface area (Å²) in [6.07, 6.45) is 0.366. The van der Waals surface area contributed by atoms with Gasteiger partial charge in [-0.2, -0.15) is 0 Å². The first-order valence-corrected chi connectivity index (χ1v) is 6.92. The molecule has 1 aromatic rings. The highest BCUT2D eigenvalue weighted by atomic mass is 32.2. The van der Waals surface area contributed by atoms with E-state index in [0.717, 1.165) is 6.07 Å². The molecule has 0 saturated carbocycles. The molecule has 4 N–H and O–H groups in total. The summed E-state index contributed by atoms with van der Waals surface area (Å²) in [5.74, 6) is -1.71. The number of rotatable bonds is 7. The van der Waals surface area contributed by atoms with Gasteiger partial charge in [0, 0.05) is 13.0 Å². The lowest BCUT2D eigenvalue weighted by atomic mass is 10.2. The lowest BCUT2D eigenvalue weighted by molar-refractivity contribution is -0.118. The number of carboxylic acids is 1. The summed E-state index contributed by atoms with van der Waals surface area (Å²) in [6.45, 7) is 0.0581. The van der Waals surface area contributed by atoms with Crippen molar-refractivity contribution in [1.82, 2.24) is 4.72 Å². The fourth-order valence-electron chi connectivity index (χ4n) is 1.35. The third-order valence-electron chi connectivity index (χ3n) is 2.28. The molecule has 1 aromatic carbocycles. The normalized spacial score (nSPS) is 11.2. The first kappa shape index (κ1) is 15.1. The molecule has 0 unspecified atom stereocenters. The van der Waals surface area contributed by atoms with Crippen molar-refractivity contribution >= 4 is 21.9 Å². The topological polar surface area (TPSA) is 127 Å². The Labute approximate surface area is 110 Å². The van der Waals surface area contributed by atoms with E-state index in [1.54, 1.807) is 0 Å². The molecule has 1 amide bonds. The summed E-state index contributed by atoms with van der Waals surface area (Å²) in [5, 5.41) is 8.78. The minimum absolute atomic E-state index is 0.0581. The van der Waals surface area contributed by atoms with Crippen molar-refractivity contribution in [2.24, 2.45) is 5.73 Å². The van der Waals surface area contributed by atoms with Crippen LogP contribution in [0.25, 0.3) is 0 Å². The number of aromatic carboxylic acids is 1. The molecule has 1 rings (SSSR count). The van der Waals surface area contributed by atoms with Gasteiger partial charge in [-0.15, -0.1) is 0 Å². The number of carbonyl (C=O) groups excluding carboxylic acids is 1. The summed E-state index contributed by atoms with van der Waals surface area (Å²) in [4.78, 5) is 21.1. The van der Waals surface area contributed by atoms with Crippen molar-refractivity contribution in [3.63, 3.8) is 0 Å². The zero-order valence-corrected chi connectivity index (χ0v) is 10.8. The van der Waals surface area contributed by atoms with Gasteiger partial charge in [0.25, 0.3) is 0 Å². The van der Waals surface area contributed by atoms with Crippen molar-refractivity contribution in [3.05, 3.63) is 29.8 Å². The zero-order chi connectivity index (χ0) is 14.5. The zero-order valence-electron chi connectivity index (χ0n) is 10.00. The second-order valence-electron chi connectivity index (χ2n) is 3.80. The number of nitrogens with two attached hydrogens (primary N) is 1. The fourth-order valence-corrected chi connectivity index (χ4v) is 2.47. The molecule has 0 aromatic heterocycles. The molecule has 19 heavy (non-hydrogen) atoms. The number of benzene rings is 1. The van der Waals surface area contributed by atoms with E-state index >= 15 is 0 Å². The molecule has 104 valence electrons. The van der Waals surface area contributed by atoms with Gasteiger partial charge < -0.3 is 10.8 Å². The van der Waals surface area contributed by atoms with Crippen LogP contribution in [0.3, 0.4) is 0 Å². The Hall–Kier alpha value is -1.93. The average Bonchev–Trinajstić information content (AvgIpc) is 2.34. The minimum atomic E-state index is -3.78. The Balaban J connectivity index is 2.74. The van der Waals surface area contributed by atoms with Gasteiger partial charge in [0.2, 0.25) is 15.9 Å². The maximum atomic E-state index is 11.8. The second kappa shape index (κ2) is 6.30. The molecule has 0 radical (unpaired) electrons. The number of hydrogen-bond donors (Lipinski definition) is 3. The quantitative estimate of drug-likeness (QED) is 0.605. The number of carbonyl (C=O) groups is 2. The first-order valence-electron chi connectivity index (χ1n) is 5.44. The Bertz CT molecular complexity index is 583. The maximum absolute atomic E-state index is 11.8. The third-order valence-corrected chi connectivity index (χ3v) is 3.74. The van der Waals surface area contributed by atoms with Gasteiger partial charge in [-0.25, -0.2) is 17.9 Å². The fraction of sp³-hybridized carbons (Fsp3) is 0.273. The van der Waals surface area contributed by atoms with Crippen LogP contribution in [0.1, 0.15) is 23.2 Å². The minimum Gasteiger partial charge on any atom is -0.478 e. The second-order valence-corrected chi connectivity index (χ2v) is 5.57. The van der Waals surface area contributed by atoms with E-state index in [4.69, 9.17) is 10.8 Å². The predicted octanol–water partition coefficient (Wildman–Crippen LogP) is -0.0714. The Morgan fingerprint density at radius 2 is 2.00 bits per heavy atom. The Kier molecular flexibility index (Phi) is 5.02. The van der Waals surface area contributed by atoms with E-state index < -0.39 is 21.9 Å². The van der Waals surface area contributed by atoms with Gasteiger partial charge in [0.1, 0.15) is 0 Å². The van der Waals surface area contributed by atoms with E-state index in [1.165, 1.54) is 18.2 Å². The molecule has 0 fully saturated rings. The number of sulfonamides is 1. The van der Waals surface area contributed by atoms with E-state index in [-0.39, 0.29) is 29.8 Å². The summed E-state index contributed by atoms with van der Waals surface area (Å²) in [6, 6.07) is 5.01. The number of hydrogen-bond acceptors (Lipinski definition) is 4. The molecular weight excluding hydrogens is 272 g/mol. The van der Waals surface area contributed by atoms with Crippen LogP contribution in [-0.4, -0.2) is 31.9 Å².